The topological polar surface area (TPSA) is 67.3 Å². The largest absolute Gasteiger partial charge is 0.496 e. The first-order valence-corrected chi connectivity index (χ1v) is 7.63. The first-order valence-electron chi connectivity index (χ1n) is 7.63. The predicted octanol–water partition coefficient (Wildman–Crippen LogP) is 4.04. The van der Waals surface area contributed by atoms with Gasteiger partial charge in [-0.3, -0.25) is 9.64 Å². The molecule has 5 nitrogen and oxygen atoms in total. The van der Waals surface area contributed by atoms with Crippen LogP contribution in [0.5, 0.6) is 5.75 Å². The number of ketones is 1. The first-order chi connectivity index (χ1) is 12.6. The Bertz CT molecular complexity index is 1080. The summed E-state index contributed by atoms with van der Waals surface area (Å²) in [5.74, 6) is -0.540. The summed E-state index contributed by atoms with van der Waals surface area (Å²) in [4.78, 5) is 19.7. The van der Waals surface area contributed by atoms with Crippen LogP contribution in [-0.4, -0.2) is 23.9 Å². The molecule has 0 aliphatic heterocycles. The van der Waals surface area contributed by atoms with E-state index in [-0.39, 0.29) is 5.56 Å². The number of rotatable bonds is 4. The highest BCUT2D eigenvalue weighted by Gasteiger charge is 2.25. The average Bonchev–Trinajstić information content (AvgIpc) is 2.67. The molecule has 1 unspecified atom stereocenters. The number of pyridine rings is 1. The third kappa shape index (κ3) is 2.97. The van der Waals surface area contributed by atoms with E-state index in [0.717, 1.165) is 0 Å². The molecule has 3 aromatic rings. The number of benzene rings is 2. The molecule has 0 fully saturated rings. The van der Waals surface area contributed by atoms with Crippen molar-refractivity contribution in [3.8, 4) is 23.1 Å². The Morgan fingerprint density at radius 3 is 2.73 bits per heavy atom. The number of halogens is 1. The van der Waals surface area contributed by atoms with Crippen LogP contribution in [0.1, 0.15) is 10.4 Å². The second-order valence-electron chi connectivity index (χ2n) is 5.45. The van der Waals surface area contributed by atoms with Gasteiger partial charge in [0.2, 0.25) is 0 Å². The zero-order chi connectivity index (χ0) is 18.7. The molecule has 126 valence electrons. The number of hydrogen-bond acceptors (Lipinski definition) is 4. The molecule has 0 saturated heterocycles. The van der Waals surface area contributed by atoms with Gasteiger partial charge in [-0.15, -0.1) is 0 Å². The second kappa shape index (κ2) is 7.00. The number of Topliss-reactive ketones (excluding diaryl/α,β-unsaturated/α-hetero) is 1. The fourth-order valence-corrected chi connectivity index (χ4v) is 2.63. The fraction of sp³-hybridized carbons (Fsp3) is 0.100. The second-order valence-corrected chi connectivity index (χ2v) is 5.45. The standard InChI is InChI=1S/C20H12FN3O2/c1-23-18(11-22)20(25)12-7-8-14-16(9-12)24-17(10-19(14)26-2)13-5-3-4-6-15(13)21/h3-10,18H,2H3. The Hall–Kier alpha value is -3.77. The van der Waals surface area contributed by atoms with Crippen LogP contribution in [0.3, 0.4) is 0 Å². The summed E-state index contributed by atoms with van der Waals surface area (Å²) in [6.07, 6.45) is 0. The van der Waals surface area contributed by atoms with Gasteiger partial charge in [0.1, 0.15) is 11.6 Å². The Balaban J connectivity index is 2.20. The maximum Gasteiger partial charge on any atom is 0.368 e. The number of nitriles is 1. The molecule has 1 atom stereocenters. The summed E-state index contributed by atoms with van der Waals surface area (Å²) in [6.45, 7) is 6.94. The number of aromatic nitrogens is 1. The van der Waals surface area contributed by atoms with E-state index in [2.05, 4.69) is 9.83 Å². The van der Waals surface area contributed by atoms with Gasteiger partial charge in [0, 0.05) is 22.6 Å². The van der Waals surface area contributed by atoms with E-state index in [1.54, 1.807) is 36.4 Å². The maximum atomic E-state index is 14.1. The summed E-state index contributed by atoms with van der Waals surface area (Å²) < 4.78 is 19.5. The lowest BCUT2D eigenvalue weighted by atomic mass is 10.0. The Morgan fingerprint density at radius 1 is 1.31 bits per heavy atom. The number of methoxy groups -OCH3 is 1. The quantitative estimate of drug-likeness (QED) is 0.529. The summed E-state index contributed by atoms with van der Waals surface area (Å²) >= 11 is 0. The molecule has 0 radical (unpaired) electrons. The van der Waals surface area contributed by atoms with Crippen LogP contribution >= 0.6 is 0 Å². The van der Waals surface area contributed by atoms with E-state index >= 15 is 0 Å². The van der Waals surface area contributed by atoms with Crippen molar-refractivity contribution in [3.05, 3.63) is 71.3 Å². The highest BCUT2D eigenvalue weighted by Crippen LogP contribution is 2.31. The van der Waals surface area contributed by atoms with E-state index in [0.29, 0.717) is 27.9 Å². The molecular weight excluding hydrogens is 333 g/mol. The molecule has 0 aliphatic rings. The van der Waals surface area contributed by atoms with Crippen LogP contribution in [0, 0.1) is 23.7 Å². The van der Waals surface area contributed by atoms with E-state index < -0.39 is 17.6 Å². The molecule has 1 heterocycles. The highest BCUT2D eigenvalue weighted by atomic mass is 19.1. The SMILES string of the molecule is [C-]#[N+]C(C#N)C(=O)c1ccc2c(OC)cc(-c3ccccc3F)nc2c1. The number of nitrogens with zero attached hydrogens (tertiary/aromatic N) is 3. The molecule has 26 heavy (non-hydrogen) atoms. The minimum atomic E-state index is -1.40. The van der Waals surface area contributed by atoms with Gasteiger partial charge in [0.15, 0.2) is 6.07 Å². The summed E-state index contributed by atoms with van der Waals surface area (Å²) in [5, 5.41) is 9.55. The maximum absolute atomic E-state index is 14.1. The molecule has 0 saturated carbocycles. The Morgan fingerprint density at radius 2 is 2.08 bits per heavy atom. The Labute approximate surface area is 149 Å². The molecule has 0 amide bonds. The van der Waals surface area contributed by atoms with Gasteiger partial charge < -0.3 is 4.74 Å². The zero-order valence-electron chi connectivity index (χ0n) is 13.7. The molecule has 0 N–H and O–H groups in total. The number of fused-ring (bicyclic) bond motifs is 1. The van der Waals surface area contributed by atoms with Gasteiger partial charge in [-0.25, -0.2) is 15.9 Å². The number of carbonyl (C=O) groups is 1. The van der Waals surface area contributed by atoms with Crippen molar-refractivity contribution in [3.63, 3.8) is 0 Å². The van der Waals surface area contributed by atoms with Gasteiger partial charge in [0.05, 0.1) is 18.3 Å². The molecule has 0 spiro atoms. The third-order valence-corrected chi connectivity index (χ3v) is 3.93. The van der Waals surface area contributed by atoms with Crippen molar-refractivity contribution in [1.82, 2.24) is 4.98 Å². The van der Waals surface area contributed by atoms with Crippen LogP contribution in [-0.2, 0) is 0 Å². The molecule has 0 aliphatic carbocycles. The van der Waals surface area contributed by atoms with Crippen molar-refractivity contribution < 1.29 is 13.9 Å². The molecular formula is C20H12FN3O2. The van der Waals surface area contributed by atoms with E-state index in [1.165, 1.54) is 25.3 Å². The van der Waals surface area contributed by atoms with Gasteiger partial charge >= 0.3 is 6.04 Å². The smallest absolute Gasteiger partial charge is 0.368 e. The van der Waals surface area contributed by atoms with Crippen LogP contribution in [0.2, 0.25) is 0 Å². The van der Waals surface area contributed by atoms with Crippen LogP contribution in [0.4, 0.5) is 4.39 Å². The van der Waals surface area contributed by atoms with E-state index in [4.69, 9.17) is 16.6 Å². The van der Waals surface area contributed by atoms with Crippen LogP contribution < -0.4 is 4.74 Å². The summed E-state index contributed by atoms with van der Waals surface area (Å²) in [7, 11) is 1.49. The summed E-state index contributed by atoms with van der Waals surface area (Å²) in [5.41, 5.74) is 1.27. The minimum Gasteiger partial charge on any atom is -0.496 e. The van der Waals surface area contributed by atoms with Crippen LogP contribution in [0.25, 0.3) is 27.0 Å². The van der Waals surface area contributed by atoms with Gasteiger partial charge in [0.25, 0.3) is 5.78 Å². The lowest BCUT2D eigenvalue weighted by Crippen LogP contribution is -2.14. The predicted molar refractivity (Wildman–Crippen MR) is 94.0 cm³/mol. The summed E-state index contributed by atoms with van der Waals surface area (Å²) in [6, 6.07) is 12.8. The molecule has 2 aromatic carbocycles. The fourth-order valence-electron chi connectivity index (χ4n) is 2.63. The van der Waals surface area contributed by atoms with Crippen molar-refractivity contribution in [2.45, 2.75) is 6.04 Å². The van der Waals surface area contributed by atoms with Crippen molar-refractivity contribution in [2.24, 2.45) is 0 Å². The minimum absolute atomic E-state index is 0.195. The first kappa shape index (κ1) is 17.1. The van der Waals surface area contributed by atoms with Crippen molar-refractivity contribution >= 4 is 16.7 Å². The molecule has 1 aromatic heterocycles. The normalized spacial score (nSPS) is 11.4. The van der Waals surface area contributed by atoms with E-state index in [1.807, 2.05) is 0 Å². The van der Waals surface area contributed by atoms with Gasteiger partial charge in [-0.05, 0) is 24.3 Å². The average molecular weight is 345 g/mol. The molecule has 6 heteroatoms. The van der Waals surface area contributed by atoms with Gasteiger partial charge in [-0.1, -0.05) is 18.2 Å². The zero-order valence-corrected chi connectivity index (χ0v) is 13.7. The third-order valence-electron chi connectivity index (χ3n) is 3.93. The van der Waals surface area contributed by atoms with Crippen molar-refractivity contribution in [1.29, 1.82) is 5.26 Å². The highest BCUT2D eigenvalue weighted by molar-refractivity contribution is 6.05. The van der Waals surface area contributed by atoms with Crippen molar-refractivity contribution in [2.75, 3.05) is 7.11 Å². The Kier molecular flexibility index (Phi) is 4.59. The molecule has 0 bridgehead atoms. The lowest BCUT2D eigenvalue weighted by molar-refractivity contribution is 0.0991. The lowest BCUT2D eigenvalue weighted by Gasteiger charge is -2.10. The molecule has 3 rings (SSSR count). The van der Waals surface area contributed by atoms with Gasteiger partial charge in [-0.2, -0.15) is 5.26 Å². The number of carbonyl (C=O) groups excluding carboxylic acids is 1. The van der Waals surface area contributed by atoms with Crippen LogP contribution in [0.15, 0.2) is 48.5 Å². The van der Waals surface area contributed by atoms with E-state index in [9.17, 15) is 9.18 Å². The monoisotopic (exact) mass is 345 g/mol. The number of hydrogen-bond donors (Lipinski definition) is 0. The number of ether oxygens (including phenoxy) is 1.